The van der Waals surface area contributed by atoms with Crippen molar-refractivity contribution in [3.05, 3.63) is 48.7 Å². The van der Waals surface area contributed by atoms with Crippen molar-refractivity contribution in [1.82, 2.24) is 9.29 Å². The molecular weight excluding hydrogens is 410 g/mol. The van der Waals surface area contributed by atoms with E-state index in [-0.39, 0.29) is 22.6 Å². The molecular formula is C20H25N3O4S2. The van der Waals surface area contributed by atoms with E-state index >= 15 is 0 Å². The van der Waals surface area contributed by atoms with Crippen molar-refractivity contribution >= 4 is 33.4 Å². The molecule has 0 saturated carbocycles. The molecule has 156 valence electrons. The lowest BCUT2D eigenvalue weighted by molar-refractivity contribution is -0.116. The third-order valence-corrected chi connectivity index (χ3v) is 7.29. The van der Waals surface area contributed by atoms with Crippen LogP contribution in [0.2, 0.25) is 0 Å². The third-order valence-electron chi connectivity index (χ3n) is 4.48. The monoisotopic (exact) mass is 435 g/mol. The summed E-state index contributed by atoms with van der Waals surface area (Å²) in [7, 11) is -3.56. The summed E-state index contributed by atoms with van der Waals surface area (Å²) >= 11 is 1.29. The molecule has 0 unspecified atom stereocenters. The first-order valence-corrected chi connectivity index (χ1v) is 11.9. The van der Waals surface area contributed by atoms with Crippen molar-refractivity contribution in [2.24, 2.45) is 0 Å². The van der Waals surface area contributed by atoms with Gasteiger partial charge in [0.05, 0.1) is 24.0 Å². The maximum atomic E-state index is 12.8. The van der Waals surface area contributed by atoms with Crippen molar-refractivity contribution in [1.29, 1.82) is 0 Å². The van der Waals surface area contributed by atoms with E-state index in [9.17, 15) is 13.2 Å². The molecule has 9 heteroatoms. The van der Waals surface area contributed by atoms with Crippen molar-refractivity contribution in [2.75, 3.05) is 37.0 Å². The fourth-order valence-electron chi connectivity index (χ4n) is 3.06. The van der Waals surface area contributed by atoms with Crippen LogP contribution in [0.15, 0.2) is 58.6 Å². The highest BCUT2D eigenvalue weighted by molar-refractivity contribution is 7.99. The standard InChI is InChI=1S/C20H25N3O4S2/c1-16(2)23(17-6-4-3-5-7-17)20(24)15-28-19-9-8-18(14-21-19)29(25,26)22-10-12-27-13-11-22/h3-9,14,16H,10-13,15H2,1-2H3. The van der Waals surface area contributed by atoms with E-state index in [0.717, 1.165) is 5.69 Å². The number of rotatable bonds is 7. The summed E-state index contributed by atoms with van der Waals surface area (Å²) in [6, 6.07) is 12.8. The van der Waals surface area contributed by atoms with Crippen molar-refractivity contribution < 1.29 is 17.9 Å². The Kier molecular flexibility index (Phi) is 7.28. The van der Waals surface area contributed by atoms with Crippen LogP contribution in [0, 0.1) is 0 Å². The SMILES string of the molecule is CC(C)N(C(=O)CSc1ccc(S(=O)(=O)N2CCOCC2)cn1)c1ccccc1. The zero-order valence-electron chi connectivity index (χ0n) is 16.5. The molecule has 7 nitrogen and oxygen atoms in total. The molecule has 1 aliphatic heterocycles. The van der Waals surface area contributed by atoms with Crippen LogP contribution < -0.4 is 4.90 Å². The summed E-state index contributed by atoms with van der Waals surface area (Å²) in [5.74, 6) is 0.193. The molecule has 2 heterocycles. The number of thioether (sulfide) groups is 1. The normalized spacial score (nSPS) is 15.4. The Morgan fingerprint density at radius 3 is 2.45 bits per heavy atom. The lowest BCUT2D eigenvalue weighted by Crippen LogP contribution is -2.40. The van der Waals surface area contributed by atoms with Gasteiger partial charge in [-0.25, -0.2) is 13.4 Å². The maximum Gasteiger partial charge on any atom is 0.244 e. The molecule has 1 fully saturated rings. The predicted molar refractivity (Wildman–Crippen MR) is 114 cm³/mol. The number of ether oxygens (including phenoxy) is 1. The minimum Gasteiger partial charge on any atom is -0.379 e. The predicted octanol–water partition coefficient (Wildman–Crippen LogP) is 2.64. The van der Waals surface area contributed by atoms with Gasteiger partial charge in [0.2, 0.25) is 15.9 Å². The first-order valence-electron chi connectivity index (χ1n) is 9.43. The van der Waals surface area contributed by atoms with E-state index in [2.05, 4.69) is 4.98 Å². The quantitative estimate of drug-likeness (QED) is 0.622. The van der Waals surface area contributed by atoms with E-state index in [0.29, 0.717) is 31.3 Å². The Hall–Kier alpha value is -1.94. The zero-order chi connectivity index (χ0) is 20.9. The smallest absolute Gasteiger partial charge is 0.244 e. The number of benzene rings is 1. The molecule has 1 aromatic heterocycles. The summed E-state index contributed by atoms with van der Waals surface area (Å²) in [4.78, 5) is 18.9. The summed E-state index contributed by atoms with van der Waals surface area (Å²) < 4.78 is 31.9. The number of hydrogen-bond acceptors (Lipinski definition) is 6. The van der Waals surface area contributed by atoms with E-state index < -0.39 is 10.0 Å². The zero-order valence-corrected chi connectivity index (χ0v) is 18.2. The Morgan fingerprint density at radius 2 is 1.86 bits per heavy atom. The van der Waals surface area contributed by atoms with Gasteiger partial charge in [-0.15, -0.1) is 0 Å². The molecule has 3 rings (SSSR count). The molecule has 1 amide bonds. The number of morpholine rings is 1. The van der Waals surface area contributed by atoms with Gasteiger partial charge >= 0.3 is 0 Å². The van der Waals surface area contributed by atoms with Gasteiger partial charge in [-0.05, 0) is 38.1 Å². The molecule has 1 aliphatic rings. The van der Waals surface area contributed by atoms with Crippen LogP contribution >= 0.6 is 11.8 Å². The highest BCUT2D eigenvalue weighted by Crippen LogP contribution is 2.23. The topological polar surface area (TPSA) is 79.8 Å². The van der Waals surface area contributed by atoms with Crippen LogP contribution in [0.1, 0.15) is 13.8 Å². The second kappa shape index (κ2) is 9.71. The number of anilines is 1. The molecule has 29 heavy (non-hydrogen) atoms. The first kappa shape index (κ1) is 21.8. The van der Waals surface area contributed by atoms with E-state index in [1.165, 1.54) is 22.3 Å². The number of amides is 1. The Morgan fingerprint density at radius 1 is 1.17 bits per heavy atom. The van der Waals surface area contributed by atoms with Gasteiger partial charge in [-0.1, -0.05) is 30.0 Å². The second-order valence-corrected chi connectivity index (χ2v) is 9.76. The van der Waals surface area contributed by atoms with Gasteiger partial charge in [0.1, 0.15) is 4.90 Å². The Bertz CT molecular complexity index is 913. The summed E-state index contributed by atoms with van der Waals surface area (Å²) in [5, 5.41) is 0.607. The van der Waals surface area contributed by atoms with Gasteiger partial charge in [-0.2, -0.15) is 4.31 Å². The maximum absolute atomic E-state index is 12.8. The highest BCUT2D eigenvalue weighted by atomic mass is 32.2. The van der Waals surface area contributed by atoms with Crippen LogP contribution in [0.4, 0.5) is 5.69 Å². The Labute approximate surface area is 176 Å². The van der Waals surface area contributed by atoms with Gasteiger partial charge < -0.3 is 9.64 Å². The van der Waals surface area contributed by atoms with E-state index in [1.54, 1.807) is 17.0 Å². The van der Waals surface area contributed by atoms with Gasteiger partial charge in [0, 0.05) is 31.0 Å². The second-order valence-electron chi connectivity index (χ2n) is 6.83. The average Bonchev–Trinajstić information content (AvgIpc) is 2.74. The van der Waals surface area contributed by atoms with Crippen molar-refractivity contribution in [3.63, 3.8) is 0 Å². The molecule has 0 atom stereocenters. The molecule has 0 N–H and O–H groups in total. The van der Waals surface area contributed by atoms with Crippen LogP contribution in [0.3, 0.4) is 0 Å². The molecule has 1 aromatic carbocycles. The number of nitrogens with zero attached hydrogens (tertiary/aromatic N) is 3. The largest absolute Gasteiger partial charge is 0.379 e. The lowest BCUT2D eigenvalue weighted by atomic mass is 10.2. The molecule has 2 aromatic rings. The molecule has 0 spiro atoms. The molecule has 0 bridgehead atoms. The van der Waals surface area contributed by atoms with Gasteiger partial charge in [0.15, 0.2) is 0 Å². The number of para-hydroxylation sites is 1. The average molecular weight is 436 g/mol. The molecule has 1 saturated heterocycles. The minimum absolute atomic E-state index is 0.0250. The van der Waals surface area contributed by atoms with Crippen molar-refractivity contribution in [3.8, 4) is 0 Å². The first-order chi connectivity index (χ1) is 13.9. The van der Waals surface area contributed by atoms with Gasteiger partial charge in [0.25, 0.3) is 0 Å². The van der Waals surface area contributed by atoms with E-state index in [1.807, 2.05) is 44.2 Å². The fraction of sp³-hybridized carbons (Fsp3) is 0.400. The minimum atomic E-state index is -3.56. The van der Waals surface area contributed by atoms with Crippen LogP contribution in [0.5, 0.6) is 0 Å². The van der Waals surface area contributed by atoms with Crippen LogP contribution in [-0.4, -0.2) is 61.7 Å². The van der Waals surface area contributed by atoms with Crippen molar-refractivity contribution in [2.45, 2.75) is 29.8 Å². The Balaban J connectivity index is 1.64. The van der Waals surface area contributed by atoms with Gasteiger partial charge in [-0.3, -0.25) is 4.79 Å². The highest BCUT2D eigenvalue weighted by Gasteiger charge is 2.26. The lowest BCUT2D eigenvalue weighted by Gasteiger charge is -2.27. The summed E-state index contributed by atoms with van der Waals surface area (Å²) in [6.45, 7) is 5.43. The third kappa shape index (κ3) is 5.36. The summed E-state index contributed by atoms with van der Waals surface area (Å²) in [6.07, 6.45) is 1.36. The molecule has 0 aliphatic carbocycles. The number of sulfonamides is 1. The van der Waals surface area contributed by atoms with Crippen LogP contribution in [-0.2, 0) is 19.6 Å². The number of hydrogen-bond donors (Lipinski definition) is 0. The fourth-order valence-corrected chi connectivity index (χ4v) is 5.12. The summed E-state index contributed by atoms with van der Waals surface area (Å²) in [5.41, 5.74) is 0.855. The van der Waals surface area contributed by atoms with Crippen LogP contribution in [0.25, 0.3) is 0 Å². The number of carbonyl (C=O) groups excluding carboxylic acids is 1. The molecule has 0 radical (unpaired) electrons. The number of aromatic nitrogens is 1. The van der Waals surface area contributed by atoms with E-state index in [4.69, 9.17) is 4.74 Å². The number of carbonyl (C=O) groups is 1. The number of pyridine rings is 1.